The lowest BCUT2D eigenvalue weighted by Gasteiger charge is -2.43. The number of nitrogens with one attached hydrogen (secondary N) is 1. The van der Waals surface area contributed by atoms with Crippen molar-refractivity contribution < 1.29 is 14.7 Å². The van der Waals surface area contributed by atoms with Gasteiger partial charge in [0.1, 0.15) is 0 Å². The Kier molecular flexibility index (Phi) is 5.91. The number of rotatable bonds is 6. The Morgan fingerprint density at radius 2 is 1.59 bits per heavy atom. The van der Waals surface area contributed by atoms with Gasteiger partial charge in [0.25, 0.3) is 0 Å². The van der Waals surface area contributed by atoms with Crippen LogP contribution in [0.4, 0.5) is 5.69 Å². The molecule has 0 bridgehead atoms. The molecule has 2 N–H and O–H groups in total. The summed E-state index contributed by atoms with van der Waals surface area (Å²) in [5.41, 5.74) is 5.93. The minimum atomic E-state index is -0.851. The number of benzene rings is 2. The number of aromatic carboxylic acids is 1. The zero-order valence-electron chi connectivity index (χ0n) is 19.8. The highest BCUT2D eigenvalue weighted by Gasteiger charge is 2.39. The van der Waals surface area contributed by atoms with Crippen molar-refractivity contribution in [2.45, 2.75) is 83.5 Å². The second kappa shape index (κ2) is 8.38. The van der Waals surface area contributed by atoms with Gasteiger partial charge in [0.05, 0.1) is 5.56 Å². The van der Waals surface area contributed by atoms with Gasteiger partial charge in [0.2, 0.25) is 5.91 Å². The van der Waals surface area contributed by atoms with Crippen molar-refractivity contribution in [3.05, 3.63) is 64.2 Å². The molecule has 0 aliphatic heterocycles. The molecule has 2 aromatic rings. The Hall–Kier alpha value is -2.62. The predicted octanol–water partition coefficient (Wildman–Crippen LogP) is 6.26. The van der Waals surface area contributed by atoms with E-state index in [1.165, 1.54) is 11.1 Å². The molecule has 2 aliphatic rings. The van der Waals surface area contributed by atoms with Crippen LogP contribution in [-0.2, 0) is 28.5 Å². The predicted molar refractivity (Wildman–Crippen MR) is 129 cm³/mol. The largest absolute Gasteiger partial charge is 0.478 e. The fraction of sp³-hybridized carbons (Fsp3) is 0.500. The van der Waals surface area contributed by atoms with Gasteiger partial charge in [-0.25, -0.2) is 4.79 Å². The summed E-state index contributed by atoms with van der Waals surface area (Å²) in [5.74, 6) is -0.562. The van der Waals surface area contributed by atoms with Crippen LogP contribution in [0.25, 0.3) is 0 Å². The number of carbonyl (C=O) groups excluding carboxylic acids is 1. The third-order valence-corrected chi connectivity index (χ3v) is 7.69. The van der Waals surface area contributed by atoms with Gasteiger partial charge >= 0.3 is 5.97 Å². The van der Waals surface area contributed by atoms with E-state index in [2.05, 4.69) is 33.0 Å². The molecule has 2 aromatic carbocycles. The molecule has 0 unspecified atom stereocenters. The average Bonchev–Trinajstić information content (AvgIpc) is 2.69. The first-order valence-electron chi connectivity index (χ1n) is 11.9. The number of hydrogen-bond donors (Lipinski definition) is 2. The van der Waals surface area contributed by atoms with Gasteiger partial charge < -0.3 is 10.4 Å². The Labute approximate surface area is 191 Å². The van der Waals surface area contributed by atoms with Gasteiger partial charge in [0, 0.05) is 11.6 Å². The van der Waals surface area contributed by atoms with Crippen LogP contribution in [0.1, 0.15) is 92.4 Å². The van der Waals surface area contributed by atoms with Crippen molar-refractivity contribution in [3.8, 4) is 0 Å². The highest BCUT2D eigenvalue weighted by atomic mass is 16.4. The van der Waals surface area contributed by atoms with Crippen LogP contribution in [0.2, 0.25) is 0 Å². The molecule has 32 heavy (non-hydrogen) atoms. The third kappa shape index (κ3) is 4.32. The van der Waals surface area contributed by atoms with E-state index < -0.39 is 5.97 Å². The van der Waals surface area contributed by atoms with Crippen molar-refractivity contribution in [2.75, 3.05) is 5.32 Å². The zero-order chi connectivity index (χ0) is 23.1. The maximum Gasteiger partial charge on any atom is 0.335 e. The molecule has 0 radical (unpaired) electrons. The van der Waals surface area contributed by atoms with Crippen molar-refractivity contribution >= 4 is 17.6 Å². The molecule has 0 spiro atoms. The van der Waals surface area contributed by atoms with Gasteiger partial charge in [0.15, 0.2) is 0 Å². The quantitative estimate of drug-likeness (QED) is 0.565. The maximum absolute atomic E-state index is 12.2. The molecule has 0 heterocycles. The van der Waals surface area contributed by atoms with Gasteiger partial charge in [-0.3, -0.25) is 4.79 Å². The lowest BCUT2D eigenvalue weighted by molar-refractivity contribution is -0.122. The fourth-order valence-corrected chi connectivity index (χ4v) is 5.27. The van der Waals surface area contributed by atoms with E-state index in [4.69, 9.17) is 0 Å². The van der Waals surface area contributed by atoms with Crippen LogP contribution >= 0.6 is 0 Å². The first-order chi connectivity index (χ1) is 15.1. The second-order valence-corrected chi connectivity index (χ2v) is 10.9. The van der Waals surface area contributed by atoms with E-state index in [1.54, 1.807) is 6.07 Å². The monoisotopic (exact) mass is 433 g/mol. The summed E-state index contributed by atoms with van der Waals surface area (Å²) in [7, 11) is 0. The number of carbonyl (C=O) groups is 2. The third-order valence-electron chi connectivity index (χ3n) is 7.69. The normalized spacial score (nSPS) is 19.0. The molecule has 0 aromatic heterocycles. The van der Waals surface area contributed by atoms with E-state index in [0.717, 1.165) is 55.3 Å². The average molecular weight is 434 g/mol. The van der Waals surface area contributed by atoms with Crippen LogP contribution in [0.5, 0.6) is 0 Å². The number of carboxylic acids is 1. The molecule has 1 amide bonds. The standard InChI is InChI=1S/C28H35NO3/c1-27(2)16-17-28(3,4)24-21(22(26(31)32)14-15-23(24)27)13-10-18-8-11-20(12-9-18)29-25(30)19-6-5-7-19/h8-9,11-12,14-15,19H,5-7,10,13,16-17H2,1-4H3,(H,29,30)(H,31,32). The van der Waals surface area contributed by atoms with Crippen LogP contribution in [0.3, 0.4) is 0 Å². The van der Waals surface area contributed by atoms with E-state index in [1.807, 2.05) is 30.3 Å². The van der Waals surface area contributed by atoms with Crippen LogP contribution < -0.4 is 5.32 Å². The summed E-state index contributed by atoms with van der Waals surface area (Å²) in [6.45, 7) is 9.02. The molecule has 1 fully saturated rings. The summed E-state index contributed by atoms with van der Waals surface area (Å²) in [6.07, 6.45) is 6.74. The number of amides is 1. The van der Waals surface area contributed by atoms with E-state index in [0.29, 0.717) is 12.0 Å². The van der Waals surface area contributed by atoms with Crippen molar-refractivity contribution in [1.82, 2.24) is 0 Å². The van der Waals surface area contributed by atoms with Crippen LogP contribution in [0.15, 0.2) is 36.4 Å². The second-order valence-electron chi connectivity index (χ2n) is 10.9. The maximum atomic E-state index is 12.2. The molecule has 2 aliphatic carbocycles. The number of carboxylic acid groups (broad SMARTS) is 1. The molecule has 170 valence electrons. The molecular weight excluding hydrogens is 398 g/mol. The zero-order valence-corrected chi connectivity index (χ0v) is 19.8. The molecule has 1 saturated carbocycles. The van der Waals surface area contributed by atoms with E-state index in [9.17, 15) is 14.7 Å². The summed E-state index contributed by atoms with van der Waals surface area (Å²) < 4.78 is 0. The first-order valence-corrected chi connectivity index (χ1v) is 11.9. The minimum Gasteiger partial charge on any atom is -0.478 e. The van der Waals surface area contributed by atoms with Crippen LogP contribution in [-0.4, -0.2) is 17.0 Å². The summed E-state index contributed by atoms with van der Waals surface area (Å²) in [4.78, 5) is 24.3. The Morgan fingerprint density at radius 1 is 0.938 bits per heavy atom. The molecule has 4 nitrogen and oxygen atoms in total. The van der Waals surface area contributed by atoms with E-state index >= 15 is 0 Å². The smallest absolute Gasteiger partial charge is 0.335 e. The fourth-order valence-electron chi connectivity index (χ4n) is 5.27. The molecule has 4 heteroatoms. The molecular formula is C28H35NO3. The van der Waals surface area contributed by atoms with E-state index in [-0.39, 0.29) is 22.7 Å². The topological polar surface area (TPSA) is 66.4 Å². The van der Waals surface area contributed by atoms with Gasteiger partial charge in [-0.2, -0.15) is 0 Å². The van der Waals surface area contributed by atoms with Gasteiger partial charge in [-0.1, -0.05) is 52.3 Å². The molecule has 0 atom stereocenters. The van der Waals surface area contributed by atoms with Crippen molar-refractivity contribution in [2.24, 2.45) is 5.92 Å². The summed E-state index contributed by atoms with van der Waals surface area (Å²) in [5, 5.41) is 12.9. The Balaban J connectivity index is 1.57. The van der Waals surface area contributed by atoms with Crippen molar-refractivity contribution in [3.63, 3.8) is 0 Å². The van der Waals surface area contributed by atoms with Crippen LogP contribution in [0, 0.1) is 5.92 Å². The highest BCUT2D eigenvalue weighted by Crippen LogP contribution is 2.48. The lowest BCUT2D eigenvalue weighted by Crippen LogP contribution is -2.35. The Bertz CT molecular complexity index is 1030. The lowest BCUT2D eigenvalue weighted by atomic mass is 9.61. The minimum absolute atomic E-state index is 0.0404. The van der Waals surface area contributed by atoms with Gasteiger partial charge in [-0.15, -0.1) is 0 Å². The SMILES string of the molecule is CC1(C)CCC(C)(C)c2c1ccc(C(=O)O)c2CCc1ccc(NC(=O)C2CCC2)cc1. The molecule has 4 rings (SSSR count). The summed E-state index contributed by atoms with van der Waals surface area (Å²) >= 11 is 0. The van der Waals surface area contributed by atoms with Gasteiger partial charge in [-0.05, 0) is 89.8 Å². The first kappa shape index (κ1) is 22.6. The number of hydrogen-bond acceptors (Lipinski definition) is 2. The number of fused-ring (bicyclic) bond motifs is 1. The van der Waals surface area contributed by atoms with Crippen molar-refractivity contribution in [1.29, 1.82) is 0 Å². The molecule has 0 saturated heterocycles. The number of anilines is 1. The summed E-state index contributed by atoms with van der Waals surface area (Å²) in [6, 6.07) is 11.8. The number of aryl methyl sites for hydroxylation is 1. The Morgan fingerprint density at radius 3 is 2.19 bits per heavy atom. The highest BCUT2D eigenvalue weighted by molar-refractivity contribution is 5.93.